The van der Waals surface area contributed by atoms with Crippen LogP contribution < -0.4 is 5.56 Å². The Morgan fingerprint density at radius 2 is 2.20 bits per heavy atom. The fraction of sp³-hybridized carbons (Fsp3) is 0.600. The molecule has 0 spiro atoms. The quantitative estimate of drug-likeness (QED) is 0.925. The molecule has 0 unspecified atom stereocenters. The highest BCUT2D eigenvalue weighted by molar-refractivity contribution is 7.18. The number of rotatable bonds is 2. The van der Waals surface area contributed by atoms with E-state index in [1.807, 2.05) is 13.8 Å². The summed E-state index contributed by atoms with van der Waals surface area (Å²) in [6.45, 7) is 8.16. The van der Waals surface area contributed by atoms with Gasteiger partial charge in [0.2, 0.25) is 0 Å². The highest BCUT2D eigenvalue weighted by atomic mass is 32.1. The third-order valence-corrected chi connectivity index (χ3v) is 5.48. The zero-order valence-corrected chi connectivity index (χ0v) is 13.1. The van der Waals surface area contributed by atoms with Crippen molar-refractivity contribution in [3.8, 4) is 0 Å². The highest BCUT2D eigenvalue weighted by Gasteiger charge is 2.20. The van der Waals surface area contributed by atoms with Crippen LogP contribution >= 0.6 is 11.3 Å². The van der Waals surface area contributed by atoms with E-state index in [1.165, 1.54) is 24.1 Å². The molecule has 3 rings (SSSR count). The van der Waals surface area contributed by atoms with Gasteiger partial charge in [-0.05, 0) is 45.7 Å². The van der Waals surface area contributed by atoms with Crippen LogP contribution in [-0.2, 0) is 6.54 Å². The van der Waals surface area contributed by atoms with Crippen LogP contribution in [0.2, 0.25) is 0 Å². The van der Waals surface area contributed by atoms with Crippen molar-refractivity contribution in [2.45, 2.75) is 52.6 Å². The van der Waals surface area contributed by atoms with E-state index in [1.54, 1.807) is 11.3 Å². The molecule has 3 heterocycles. The Hall–Kier alpha value is -1.20. The SMILES string of the molecule is Cc1sc2nc(CN3CCCC[C@H]3C)[nH]c(=O)c2c1C. The van der Waals surface area contributed by atoms with Gasteiger partial charge in [0.15, 0.2) is 0 Å². The number of hydrogen-bond donors (Lipinski definition) is 1. The third kappa shape index (κ3) is 2.40. The number of aromatic nitrogens is 2. The first-order valence-electron chi connectivity index (χ1n) is 7.29. The topological polar surface area (TPSA) is 49.0 Å². The zero-order valence-electron chi connectivity index (χ0n) is 12.3. The summed E-state index contributed by atoms with van der Waals surface area (Å²) in [7, 11) is 0. The molecule has 5 heteroatoms. The van der Waals surface area contributed by atoms with Gasteiger partial charge in [-0.2, -0.15) is 0 Å². The van der Waals surface area contributed by atoms with Gasteiger partial charge >= 0.3 is 0 Å². The molecule has 108 valence electrons. The van der Waals surface area contributed by atoms with E-state index in [-0.39, 0.29) is 5.56 Å². The maximum absolute atomic E-state index is 12.2. The highest BCUT2D eigenvalue weighted by Crippen LogP contribution is 2.26. The average Bonchev–Trinajstić information content (AvgIpc) is 2.68. The Bertz CT molecular complexity index is 688. The van der Waals surface area contributed by atoms with E-state index in [0.29, 0.717) is 6.04 Å². The number of aromatic amines is 1. The number of piperidine rings is 1. The van der Waals surface area contributed by atoms with Crippen molar-refractivity contribution in [3.05, 3.63) is 26.6 Å². The summed E-state index contributed by atoms with van der Waals surface area (Å²) in [5.74, 6) is 0.803. The summed E-state index contributed by atoms with van der Waals surface area (Å²) >= 11 is 1.62. The van der Waals surface area contributed by atoms with E-state index < -0.39 is 0 Å². The standard InChI is InChI=1S/C15H21N3OS/c1-9-6-4-5-7-18(9)8-12-16-14(19)13-10(2)11(3)20-15(13)17-12/h9H,4-8H2,1-3H3,(H,16,17,19)/t9-/m1/s1. The second-order valence-electron chi connectivity index (χ2n) is 5.79. The predicted molar refractivity (Wildman–Crippen MR) is 83.4 cm³/mol. The Kier molecular flexibility index (Phi) is 3.65. The summed E-state index contributed by atoms with van der Waals surface area (Å²) in [6, 6.07) is 0.580. The molecule has 20 heavy (non-hydrogen) atoms. The molecule has 1 aliphatic heterocycles. The average molecular weight is 291 g/mol. The van der Waals surface area contributed by atoms with E-state index in [0.717, 1.165) is 34.7 Å². The van der Waals surface area contributed by atoms with E-state index in [4.69, 9.17) is 0 Å². The molecule has 2 aromatic heterocycles. The minimum absolute atomic E-state index is 0.0107. The minimum Gasteiger partial charge on any atom is -0.309 e. The minimum atomic E-state index is 0.0107. The number of H-pyrrole nitrogens is 1. The smallest absolute Gasteiger partial charge is 0.259 e. The summed E-state index contributed by atoms with van der Waals surface area (Å²) in [5, 5.41) is 0.767. The molecule has 1 aliphatic rings. The van der Waals surface area contributed by atoms with Crippen LogP contribution in [0.4, 0.5) is 0 Å². The molecule has 1 fully saturated rings. The molecule has 0 amide bonds. The monoisotopic (exact) mass is 291 g/mol. The first-order chi connectivity index (χ1) is 9.56. The molecule has 0 radical (unpaired) electrons. The number of nitrogens with one attached hydrogen (secondary N) is 1. The molecule has 1 saturated heterocycles. The zero-order chi connectivity index (χ0) is 14.3. The number of hydrogen-bond acceptors (Lipinski definition) is 4. The van der Waals surface area contributed by atoms with Crippen LogP contribution in [0.5, 0.6) is 0 Å². The van der Waals surface area contributed by atoms with Gasteiger partial charge < -0.3 is 4.98 Å². The van der Waals surface area contributed by atoms with Crippen molar-refractivity contribution in [2.24, 2.45) is 0 Å². The van der Waals surface area contributed by atoms with Gasteiger partial charge in [0, 0.05) is 10.9 Å². The molecule has 0 saturated carbocycles. The normalized spacial score (nSPS) is 20.6. The van der Waals surface area contributed by atoms with E-state index >= 15 is 0 Å². The molecule has 0 bridgehead atoms. The number of nitrogens with zero attached hydrogens (tertiary/aromatic N) is 2. The number of likely N-dealkylation sites (tertiary alicyclic amines) is 1. The van der Waals surface area contributed by atoms with Gasteiger partial charge in [-0.3, -0.25) is 9.69 Å². The predicted octanol–water partition coefficient (Wildman–Crippen LogP) is 2.98. The van der Waals surface area contributed by atoms with Gasteiger partial charge in [0.25, 0.3) is 5.56 Å². The van der Waals surface area contributed by atoms with Crippen LogP contribution in [0.25, 0.3) is 10.2 Å². The Morgan fingerprint density at radius 3 is 2.95 bits per heavy atom. The van der Waals surface area contributed by atoms with Crippen LogP contribution in [-0.4, -0.2) is 27.5 Å². The van der Waals surface area contributed by atoms with Gasteiger partial charge in [0.05, 0.1) is 11.9 Å². The van der Waals surface area contributed by atoms with Crippen molar-refractivity contribution in [2.75, 3.05) is 6.54 Å². The van der Waals surface area contributed by atoms with Gasteiger partial charge in [-0.25, -0.2) is 4.98 Å². The van der Waals surface area contributed by atoms with Crippen LogP contribution in [0, 0.1) is 13.8 Å². The maximum Gasteiger partial charge on any atom is 0.259 e. The summed E-state index contributed by atoms with van der Waals surface area (Å²) in [5.41, 5.74) is 1.08. The van der Waals surface area contributed by atoms with Crippen molar-refractivity contribution in [1.82, 2.24) is 14.9 Å². The maximum atomic E-state index is 12.2. The lowest BCUT2D eigenvalue weighted by Crippen LogP contribution is -2.37. The summed E-state index contributed by atoms with van der Waals surface area (Å²) in [4.78, 5) is 24.4. The van der Waals surface area contributed by atoms with Gasteiger partial charge in [0.1, 0.15) is 10.7 Å². The van der Waals surface area contributed by atoms with Crippen molar-refractivity contribution in [1.29, 1.82) is 0 Å². The van der Waals surface area contributed by atoms with Crippen LogP contribution in [0.3, 0.4) is 0 Å². The molecule has 0 aliphatic carbocycles. The molecule has 2 aromatic rings. The molecular formula is C15H21N3OS. The molecule has 1 atom stereocenters. The van der Waals surface area contributed by atoms with Crippen molar-refractivity contribution >= 4 is 21.6 Å². The lowest BCUT2D eigenvalue weighted by atomic mass is 10.0. The number of aryl methyl sites for hydroxylation is 2. The Morgan fingerprint density at radius 1 is 1.40 bits per heavy atom. The third-order valence-electron chi connectivity index (χ3n) is 4.38. The first kappa shape index (κ1) is 13.8. The second-order valence-corrected chi connectivity index (χ2v) is 6.99. The molecule has 1 N–H and O–H groups in total. The first-order valence-corrected chi connectivity index (χ1v) is 8.11. The van der Waals surface area contributed by atoms with E-state index in [2.05, 4.69) is 21.8 Å². The molecular weight excluding hydrogens is 270 g/mol. The number of thiophene rings is 1. The Balaban J connectivity index is 1.94. The fourth-order valence-corrected chi connectivity index (χ4v) is 4.01. The van der Waals surface area contributed by atoms with Gasteiger partial charge in [-0.15, -0.1) is 11.3 Å². The van der Waals surface area contributed by atoms with E-state index in [9.17, 15) is 4.79 Å². The lowest BCUT2D eigenvalue weighted by molar-refractivity contribution is 0.149. The van der Waals surface area contributed by atoms with Gasteiger partial charge in [-0.1, -0.05) is 6.42 Å². The van der Waals surface area contributed by atoms with Crippen molar-refractivity contribution < 1.29 is 0 Å². The lowest BCUT2D eigenvalue weighted by Gasteiger charge is -2.32. The second kappa shape index (κ2) is 5.30. The number of fused-ring (bicyclic) bond motifs is 1. The molecule has 0 aromatic carbocycles. The van der Waals surface area contributed by atoms with Crippen molar-refractivity contribution in [3.63, 3.8) is 0 Å². The van der Waals surface area contributed by atoms with Crippen LogP contribution in [0.1, 0.15) is 42.5 Å². The largest absolute Gasteiger partial charge is 0.309 e. The van der Waals surface area contributed by atoms with Crippen LogP contribution in [0.15, 0.2) is 4.79 Å². The summed E-state index contributed by atoms with van der Waals surface area (Å²) < 4.78 is 0. The fourth-order valence-electron chi connectivity index (χ4n) is 2.96. The summed E-state index contributed by atoms with van der Waals surface area (Å²) in [6.07, 6.45) is 3.79. The Labute approximate surface area is 122 Å². The molecule has 4 nitrogen and oxygen atoms in total.